The van der Waals surface area contributed by atoms with E-state index in [9.17, 15) is 13.2 Å². The smallest absolute Gasteiger partial charge is 0.335 e. The van der Waals surface area contributed by atoms with Crippen LogP contribution in [0.1, 0.15) is 15.9 Å². The first-order valence-electron chi connectivity index (χ1n) is 8.04. The van der Waals surface area contributed by atoms with E-state index >= 15 is 0 Å². The molecular weight excluding hydrogens is 366 g/mol. The zero-order valence-electron chi connectivity index (χ0n) is 14.4. The normalized spacial score (nSPS) is 11.0. The van der Waals surface area contributed by atoms with E-state index in [1.54, 1.807) is 12.1 Å². The molecule has 0 saturated heterocycles. The first kappa shape index (κ1) is 18.5. The molecule has 0 fully saturated rings. The fourth-order valence-electron chi connectivity index (χ4n) is 2.40. The highest BCUT2D eigenvalue weighted by atomic mass is 32.2. The number of hydrogen-bond acceptors (Lipinski definition) is 4. The number of benzene rings is 3. The molecule has 0 aliphatic rings. The molecule has 0 aliphatic carbocycles. The molecule has 7 heteroatoms. The number of sulfonamides is 1. The van der Waals surface area contributed by atoms with Crippen LogP contribution in [0.3, 0.4) is 0 Å². The number of hydrogen-bond donors (Lipinski definition) is 2. The summed E-state index contributed by atoms with van der Waals surface area (Å²) >= 11 is 0. The van der Waals surface area contributed by atoms with Gasteiger partial charge >= 0.3 is 5.97 Å². The Morgan fingerprint density at radius 1 is 0.926 bits per heavy atom. The highest BCUT2D eigenvalue weighted by Crippen LogP contribution is 2.24. The number of carboxylic acids is 1. The van der Waals surface area contributed by atoms with Crippen molar-refractivity contribution in [3.8, 4) is 11.5 Å². The van der Waals surface area contributed by atoms with Gasteiger partial charge in [0, 0.05) is 5.69 Å². The predicted octanol–water partition coefficient (Wildman–Crippen LogP) is 4.29. The summed E-state index contributed by atoms with van der Waals surface area (Å²) in [7, 11) is -3.80. The van der Waals surface area contributed by atoms with Crippen molar-refractivity contribution in [2.24, 2.45) is 0 Å². The van der Waals surface area contributed by atoms with E-state index in [2.05, 4.69) is 4.72 Å². The standard InChI is InChI=1S/C20H17NO5S/c1-14-3-2-4-18(13-14)26-17-9-11-19(12-10-17)27(24,25)21-16-7-5-15(6-8-16)20(22)23/h2-13,21H,1H3,(H,22,23). The number of carbonyl (C=O) groups is 1. The molecule has 3 rings (SSSR count). The Hall–Kier alpha value is -3.32. The molecule has 2 N–H and O–H groups in total. The van der Waals surface area contributed by atoms with Crippen LogP contribution in [-0.4, -0.2) is 19.5 Å². The predicted molar refractivity (Wildman–Crippen MR) is 102 cm³/mol. The molecular formula is C20H17NO5S. The van der Waals surface area contributed by atoms with Crippen LogP contribution in [0.2, 0.25) is 0 Å². The Balaban J connectivity index is 1.74. The molecule has 3 aromatic rings. The van der Waals surface area contributed by atoms with Crippen molar-refractivity contribution < 1.29 is 23.1 Å². The summed E-state index contributed by atoms with van der Waals surface area (Å²) in [4.78, 5) is 10.9. The van der Waals surface area contributed by atoms with Crippen molar-refractivity contribution in [3.05, 3.63) is 83.9 Å². The average molecular weight is 383 g/mol. The van der Waals surface area contributed by atoms with Gasteiger partial charge in [0.15, 0.2) is 0 Å². The number of rotatable bonds is 6. The lowest BCUT2D eigenvalue weighted by atomic mass is 10.2. The lowest BCUT2D eigenvalue weighted by Gasteiger charge is -2.10. The zero-order valence-corrected chi connectivity index (χ0v) is 15.2. The van der Waals surface area contributed by atoms with Gasteiger partial charge in [-0.25, -0.2) is 13.2 Å². The first-order chi connectivity index (χ1) is 12.8. The third-order valence-electron chi connectivity index (χ3n) is 3.74. The minimum Gasteiger partial charge on any atom is -0.478 e. The molecule has 0 saturated carbocycles. The molecule has 0 bridgehead atoms. The minimum atomic E-state index is -3.80. The van der Waals surface area contributed by atoms with Gasteiger partial charge in [0.25, 0.3) is 10.0 Å². The van der Waals surface area contributed by atoms with E-state index < -0.39 is 16.0 Å². The van der Waals surface area contributed by atoms with Crippen LogP contribution in [-0.2, 0) is 10.0 Å². The van der Waals surface area contributed by atoms with Crippen molar-refractivity contribution in [1.29, 1.82) is 0 Å². The summed E-state index contributed by atoms with van der Waals surface area (Å²) < 4.78 is 33.1. The molecule has 6 nitrogen and oxygen atoms in total. The summed E-state index contributed by atoms with van der Waals surface area (Å²) in [6.45, 7) is 1.96. The van der Waals surface area contributed by atoms with Crippen LogP contribution in [0.4, 0.5) is 5.69 Å². The molecule has 0 atom stereocenters. The van der Waals surface area contributed by atoms with Gasteiger partial charge in [-0.3, -0.25) is 4.72 Å². The Morgan fingerprint density at radius 3 is 2.19 bits per heavy atom. The monoisotopic (exact) mass is 383 g/mol. The Bertz CT molecular complexity index is 1060. The molecule has 27 heavy (non-hydrogen) atoms. The number of aromatic carboxylic acids is 1. The van der Waals surface area contributed by atoms with E-state index in [0.29, 0.717) is 11.5 Å². The van der Waals surface area contributed by atoms with Gasteiger partial charge in [-0.15, -0.1) is 0 Å². The van der Waals surface area contributed by atoms with E-state index in [1.165, 1.54) is 36.4 Å². The van der Waals surface area contributed by atoms with Crippen molar-refractivity contribution in [2.45, 2.75) is 11.8 Å². The van der Waals surface area contributed by atoms with Gasteiger partial charge in [0.05, 0.1) is 10.5 Å². The Morgan fingerprint density at radius 2 is 1.59 bits per heavy atom. The second-order valence-electron chi connectivity index (χ2n) is 5.88. The maximum atomic E-state index is 12.5. The molecule has 0 amide bonds. The maximum Gasteiger partial charge on any atom is 0.335 e. The van der Waals surface area contributed by atoms with Crippen LogP contribution in [0.5, 0.6) is 11.5 Å². The maximum absolute atomic E-state index is 12.5. The van der Waals surface area contributed by atoms with Crippen LogP contribution in [0.25, 0.3) is 0 Å². The number of ether oxygens (including phenoxy) is 1. The van der Waals surface area contributed by atoms with Gasteiger partial charge in [0.1, 0.15) is 11.5 Å². The molecule has 0 unspecified atom stereocenters. The molecule has 0 radical (unpaired) electrons. The van der Waals surface area contributed by atoms with Crippen LogP contribution < -0.4 is 9.46 Å². The van der Waals surface area contributed by atoms with Gasteiger partial charge in [-0.1, -0.05) is 12.1 Å². The summed E-state index contributed by atoms with van der Waals surface area (Å²) in [6.07, 6.45) is 0. The summed E-state index contributed by atoms with van der Waals surface area (Å²) in [5.41, 5.74) is 1.42. The topological polar surface area (TPSA) is 92.7 Å². The second kappa shape index (κ2) is 7.51. The van der Waals surface area contributed by atoms with E-state index in [4.69, 9.17) is 9.84 Å². The molecule has 0 heterocycles. The van der Waals surface area contributed by atoms with Gasteiger partial charge in [-0.05, 0) is 73.2 Å². The first-order valence-corrected chi connectivity index (χ1v) is 9.52. The fourth-order valence-corrected chi connectivity index (χ4v) is 3.46. The second-order valence-corrected chi connectivity index (χ2v) is 7.56. The molecule has 0 aliphatic heterocycles. The van der Waals surface area contributed by atoms with E-state index in [0.717, 1.165) is 5.56 Å². The van der Waals surface area contributed by atoms with Gasteiger partial charge in [0.2, 0.25) is 0 Å². The Kier molecular flexibility index (Phi) is 5.14. The number of aryl methyl sites for hydroxylation is 1. The number of nitrogens with one attached hydrogen (secondary N) is 1. The van der Waals surface area contributed by atoms with Crippen LogP contribution >= 0.6 is 0 Å². The summed E-state index contributed by atoms with van der Waals surface area (Å²) in [6, 6.07) is 19.0. The van der Waals surface area contributed by atoms with Gasteiger partial charge < -0.3 is 9.84 Å². The average Bonchev–Trinajstić information content (AvgIpc) is 2.62. The minimum absolute atomic E-state index is 0.0707. The quantitative estimate of drug-likeness (QED) is 0.662. The molecule has 0 aromatic heterocycles. The lowest BCUT2D eigenvalue weighted by molar-refractivity contribution is 0.0697. The third-order valence-corrected chi connectivity index (χ3v) is 5.14. The van der Waals surface area contributed by atoms with Crippen LogP contribution in [0, 0.1) is 6.92 Å². The largest absolute Gasteiger partial charge is 0.478 e. The molecule has 0 spiro atoms. The van der Waals surface area contributed by atoms with Crippen molar-refractivity contribution in [1.82, 2.24) is 0 Å². The third kappa shape index (κ3) is 4.65. The van der Waals surface area contributed by atoms with E-state index in [-0.39, 0.29) is 16.1 Å². The highest BCUT2D eigenvalue weighted by molar-refractivity contribution is 7.92. The number of carboxylic acid groups (broad SMARTS) is 1. The zero-order chi connectivity index (χ0) is 19.4. The number of anilines is 1. The highest BCUT2D eigenvalue weighted by Gasteiger charge is 2.15. The van der Waals surface area contributed by atoms with Crippen molar-refractivity contribution in [2.75, 3.05) is 4.72 Å². The van der Waals surface area contributed by atoms with Crippen molar-refractivity contribution in [3.63, 3.8) is 0 Å². The molecule has 3 aromatic carbocycles. The van der Waals surface area contributed by atoms with Crippen molar-refractivity contribution >= 4 is 21.7 Å². The molecule has 138 valence electrons. The SMILES string of the molecule is Cc1cccc(Oc2ccc(S(=O)(=O)Nc3ccc(C(=O)O)cc3)cc2)c1. The summed E-state index contributed by atoms with van der Waals surface area (Å²) in [5.74, 6) is 0.112. The van der Waals surface area contributed by atoms with Gasteiger partial charge in [-0.2, -0.15) is 0 Å². The fraction of sp³-hybridized carbons (Fsp3) is 0.0500. The lowest BCUT2D eigenvalue weighted by Crippen LogP contribution is -2.13. The van der Waals surface area contributed by atoms with Crippen LogP contribution in [0.15, 0.2) is 77.7 Å². The summed E-state index contributed by atoms with van der Waals surface area (Å²) in [5, 5.41) is 8.88. The van der Waals surface area contributed by atoms with E-state index in [1.807, 2.05) is 31.2 Å². The Labute approximate surface area is 157 Å².